The average Bonchev–Trinajstić information content (AvgIpc) is 3.12. The summed E-state index contributed by atoms with van der Waals surface area (Å²) in [6, 6.07) is 10.1. The first-order valence-corrected chi connectivity index (χ1v) is 8.84. The van der Waals surface area contributed by atoms with Gasteiger partial charge >= 0.3 is 0 Å². The number of benzene rings is 1. The van der Waals surface area contributed by atoms with Crippen molar-refractivity contribution in [2.75, 3.05) is 15.6 Å². The molecule has 2 aliphatic rings. The van der Waals surface area contributed by atoms with Crippen molar-refractivity contribution in [3.8, 4) is 0 Å². The Labute approximate surface area is 141 Å². The van der Waals surface area contributed by atoms with Crippen LogP contribution in [0.2, 0.25) is 0 Å². The van der Waals surface area contributed by atoms with Crippen LogP contribution in [0.1, 0.15) is 5.56 Å². The Morgan fingerprint density at radius 1 is 1.32 bits per heavy atom. The molecule has 4 rings (SSSR count). The maximum absolute atomic E-state index is 8.65. The lowest BCUT2D eigenvalue weighted by Gasteiger charge is -2.41. The van der Waals surface area contributed by atoms with E-state index in [-0.39, 0.29) is 5.50 Å². The Morgan fingerprint density at radius 2 is 2.09 bits per heavy atom. The third kappa shape index (κ3) is 1.85. The second kappa shape index (κ2) is 5.17. The molecule has 1 aromatic carbocycles. The number of nitrogens with one attached hydrogen (secondary N) is 1. The Balaban J connectivity index is 1.92. The molecule has 5 nitrogen and oxygen atoms in total. The minimum Gasteiger partial charge on any atom is -0.298 e. The number of hydrogen-bond donors (Lipinski definition) is 1. The third-order valence-electron chi connectivity index (χ3n) is 3.92. The normalized spacial score (nSPS) is 22.2. The van der Waals surface area contributed by atoms with Gasteiger partial charge in [-0.25, -0.2) is 0 Å². The van der Waals surface area contributed by atoms with Gasteiger partial charge in [-0.15, -0.1) is 11.8 Å². The summed E-state index contributed by atoms with van der Waals surface area (Å²) in [5.74, 6) is 2.38. The first-order chi connectivity index (χ1) is 10.7. The molecule has 1 unspecified atom stereocenters. The molecular weight excluding hydrogens is 362 g/mol. The lowest BCUT2D eigenvalue weighted by Crippen LogP contribution is -2.51. The number of halogens is 1. The van der Waals surface area contributed by atoms with Crippen LogP contribution in [-0.4, -0.2) is 26.9 Å². The number of nitrogens with zero attached hydrogens (tertiary/aromatic N) is 4. The van der Waals surface area contributed by atoms with Crippen molar-refractivity contribution in [2.24, 2.45) is 7.05 Å². The predicted molar refractivity (Wildman–Crippen MR) is 94.7 cm³/mol. The van der Waals surface area contributed by atoms with Gasteiger partial charge in [-0.3, -0.25) is 19.9 Å². The van der Waals surface area contributed by atoms with Gasteiger partial charge < -0.3 is 0 Å². The topological polar surface area (TPSA) is 48.2 Å². The zero-order valence-corrected chi connectivity index (χ0v) is 14.3. The van der Waals surface area contributed by atoms with Crippen LogP contribution in [0.15, 0.2) is 47.2 Å². The summed E-state index contributed by atoms with van der Waals surface area (Å²) in [7, 11) is 1.93. The van der Waals surface area contributed by atoms with E-state index in [4.69, 9.17) is 5.41 Å². The minimum atomic E-state index is 0.0431. The van der Waals surface area contributed by atoms with Crippen molar-refractivity contribution in [3.63, 3.8) is 0 Å². The number of hydrogen-bond acceptors (Lipinski definition) is 4. The van der Waals surface area contributed by atoms with Gasteiger partial charge in [-0.2, -0.15) is 5.10 Å². The molecule has 0 spiro atoms. The van der Waals surface area contributed by atoms with E-state index in [1.165, 1.54) is 5.70 Å². The molecule has 1 atom stereocenters. The zero-order chi connectivity index (χ0) is 15.3. The van der Waals surface area contributed by atoms with Crippen LogP contribution >= 0.6 is 27.7 Å². The summed E-state index contributed by atoms with van der Waals surface area (Å²) in [5.41, 5.74) is 3.12. The summed E-state index contributed by atoms with van der Waals surface area (Å²) < 4.78 is 1.85. The highest BCUT2D eigenvalue weighted by Gasteiger charge is 2.44. The van der Waals surface area contributed by atoms with Crippen LogP contribution < -0.4 is 9.80 Å². The van der Waals surface area contributed by atoms with E-state index in [0.29, 0.717) is 5.84 Å². The smallest absolute Gasteiger partial charge is 0.161 e. The van der Waals surface area contributed by atoms with Gasteiger partial charge in [0.2, 0.25) is 0 Å². The van der Waals surface area contributed by atoms with Crippen LogP contribution in [0.3, 0.4) is 0 Å². The van der Waals surface area contributed by atoms with Crippen molar-refractivity contribution in [1.82, 2.24) is 9.78 Å². The molecule has 0 bridgehead atoms. The van der Waals surface area contributed by atoms with Gasteiger partial charge in [0.05, 0.1) is 11.8 Å². The van der Waals surface area contributed by atoms with Crippen LogP contribution in [0.25, 0.3) is 0 Å². The van der Waals surface area contributed by atoms with E-state index in [9.17, 15) is 0 Å². The van der Waals surface area contributed by atoms with Crippen LogP contribution in [0.5, 0.6) is 0 Å². The lowest BCUT2D eigenvalue weighted by molar-refractivity contribution is 0.725. The molecule has 2 aromatic rings. The Morgan fingerprint density at radius 3 is 2.82 bits per heavy atom. The van der Waals surface area contributed by atoms with Crippen LogP contribution in [0, 0.1) is 5.41 Å². The SMILES string of the molecule is Cn1ncc2c1N1C(=CBr)CSC1N(c1ccccc1)C2=N. The van der Waals surface area contributed by atoms with E-state index in [0.717, 1.165) is 22.8 Å². The van der Waals surface area contributed by atoms with Gasteiger partial charge in [-0.05, 0) is 12.1 Å². The summed E-state index contributed by atoms with van der Waals surface area (Å²) >= 11 is 5.29. The lowest BCUT2D eigenvalue weighted by atomic mass is 10.1. The average molecular weight is 376 g/mol. The van der Waals surface area contributed by atoms with Crippen molar-refractivity contribution in [3.05, 3.63) is 52.8 Å². The Hall–Kier alpha value is -1.73. The molecule has 0 saturated carbocycles. The van der Waals surface area contributed by atoms with E-state index in [2.05, 4.69) is 30.8 Å². The van der Waals surface area contributed by atoms with Gasteiger partial charge in [0.25, 0.3) is 0 Å². The molecule has 0 amide bonds. The molecular formula is C15H14BrN5S. The summed E-state index contributed by atoms with van der Waals surface area (Å²) in [5, 5.41) is 13.0. The van der Waals surface area contributed by atoms with Gasteiger partial charge in [-0.1, -0.05) is 34.1 Å². The van der Waals surface area contributed by atoms with E-state index in [1.54, 1.807) is 6.20 Å². The molecule has 1 fully saturated rings. The first-order valence-electron chi connectivity index (χ1n) is 6.87. The van der Waals surface area contributed by atoms with Crippen LogP contribution in [0.4, 0.5) is 11.5 Å². The molecule has 1 aromatic heterocycles. The minimum absolute atomic E-state index is 0.0431. The maximum Gasteiger partial charge on any atom is 0.161 e. The molecule has 7 heteroatoms. The zero-order valence-electron chi connectivity index (χ0n) is 11.9. The highest BCUT2D eigenvalue weighted by molar-refractivity contribution is 9.11. The van der Waals surface area contributed by atoms with Crippen molar-refractivity contribution >= 4 is 45.0 Å². The number of thioether (sulfide) groups is 1. The van der Waals surface area contributed by atoms with E-state index in [1.807, 2.05) is 58.8 Å². The van der Waals surface area contributed by atoms with Gasteiger partial charge in [0.15, 0.2) is 5.50 Å². The highest BCUT2D eigenvalue weighted by atomic mass is 79.9. The Bertz CT molecular complexity index is 769. The molecule has 3 heterocycles. The van der Waals surface area contributed by atoms with Crippen LogP contribution in [-0.2, 0) is 7.05 Å². The third-order valence-corrected chi connectivity index (χ3v) is 5.63. The molecule has 0 radical (unpaired) electrons. The molecule has 112 valence electrons. The maximum atomic E-state index is 8.65. The molecule has 1 N–H and O–H groups in total. The number of rotatable bonds is 1. The summed E-state index contributed by atoms with van der Waals surface area (Å²) in [6.07, 6.45) is 1.78. The second-order valence-electron chi connectivity index (χ2n) is 5.17. The van der Waals surface area contributed by atoms with Crippen molar-refractivity contribution in [2.45, 2.75) is 5.50 Å². The van der Waals surface area contributed by atoms with E-state index < -0.39 is 0 Å². The van der Waals surface area contributed by atoms with Crippen molar-refractivity contribution in [1.29, 1.82) is 5.41 Å². The summed E-state index contributed by atoms with van der Waals surface area (Å²) in [6.45, 7) is 0. The number of anilines is 2. The monoisotopic (exact) mass is 375 g/mol. The van der Waals surface area contributed by atoms with Gasteiger partial charge in [0, 0.05) is 29.2 Å². The Kier molecular flexibility index (Phi) is 3.27. The number of amidine groups is 1. The van der Waals surface area contributed by atoms with Crippen molar-refractivity contribution < 1.29 is 0 Å². The molecule has 2 aliphatic heterocycles. The quantitative estimate of drug-likeness (QED) is 0.830. The van der Waals surface area contributed by atoms with Gasteiger partial charge in [0.1, 0.15) is 11.7 Å². The second-order valence-corrected chi connectivity index (χ2v) is 6.67. The van der Waals surface area contributed by atoms with E-state index >= 15 is 0 Å². The first kappa shape index (κ1) is 13.9. The fourth-order valence-corrected chi connectivity index (χ4v) is 4.83. The standard InChI is InChI=1S/C15H14BrN5S/c1-19-14-12(8-18-19)13(17)20(10-5-3-2-4-6-10)15-21(14)11(7-16)9-22-15/h2-8,15,17H,9H2,1H3. The number of aryl methyl sites for hydroxylation is 1. The predicted octanol–water partition coefficient (Wildman–Crippen LogP) is 3.34. The number of fused-ring (bicyclic) bond motifs is 3. The summed E-state index contributed by atoms with van der Waals surface area (Å²) in [4.78, 5) is 6.29. The largest absolute Gasteiger partial charge is 0.298 e. The fraction of sp³-hybridized carbons (Fsp3) is 0.200. The number of aromatic nitrogens is 2. The molecule has 0 aliphatic carbocycles. The fourth-order valence-electron chi connectivity index (χ4n) is 2.93. The highest BCUT2D eigenvalue weighted by Crippen LogP contribution is 2.45. The molecule has 22 heavy (non-hydrogen) atoms. The number of para-hydroxylation sites is 1. The molecule has 1 saturated heterocycles.